The van der Waals surface area contributed by atoms with E-state index in [-0.39, 0.29) is 18.4 Å². The molecule has 0 atom stereocenters. The van der Waals surface area contributed by atoms with Gasteiger partial charge in [0.25, 0.3) is 11.8 Å². The Hall–Kier alpha value is -3.02. The third-order valence-corrected chi connectivity index (χ3v) is 3.25. The summed E-state index contributed by atoms with van der Waals surface area (Å²) in [7, 11) is 4.96. The molecule has 0 aliphatic carbocycles. The first kappa shape index (κ1) is 17.3. The molecule has 24 heavy (non-hydrogen) atoms. The van der Waals surface area contributed by atoms with E-state index >= 15 is 0 Å². The van der Waals surface area contributed by atoms with Crippen LogP contribution in [0.15, 0.2) is 48.5 Å². The molecule has 0 unspecified atom stereocenters. The van der Waals surface area contributed by atoms with Gasteiger partial charge in [0.05, 0.1) is 7.11 Å². The largest absolute Gasteiger partial charge is 0.497 e. The van der Waals surface area contributed by atoms with Crippen LogP contribution in [0.25, 0.3) is 0 Å². The van der Waals surface area contributed by atoms with Gasteiger partial charge in [-0.2, -0.15) is 0 Å². The normalized spacial score (nSPS) is 9.96. The molecular weight excluding hydrogens is 308 g/mol. The van der Waals surface area contributed by atoms with Crippen LogP contribution in [0.1, 0.15) is 10.4 Å². The van der Waals surface area contributed by atoms with Crippen LogP contribution in [0.3, 0.4) is 0 Å². The van der Waals surface area contributed by atoms with E-state index in [1.807, 2.05) is 0 Å². The second-order valence-electron chi connectivity index (χ2n) is 5.29. The van der Waals surface area contributed by atoms with Gasteiger partial charge in [0, 0.05) is 25.3 Å². The molecule has 0 bridgehead atoms. The van der Waals surface area contributed by atoms with E-state index in [9.17, 15) is 9.59 Å². The zero-order chi connectivity index (χ0) is 17.5. The van der Waals surface area contributed by atoms with E-state index < -0.39 is 0 Å². The van der Waals surface area contributed by atoms with Crippen molar-refractivity contribution in [2.45, 2.75) is 0 Å². The fourth-order valence-electron chi connectivity index (χ4n) is 1.97. The first-order valence-electron chi connectivity index (χ1n) is 7.38. The molecule has 0 saturated carbocycles. The lowest BCUT2D eigenvalue weighted by molar-refractivity contribution is -0.118. The number of carbonyl (C=O) groups is 2. The van der Waals surface area contributed by atoms with Crippen molar-refractivity contribution in [2.75, 3.05) is 33.1 Å². The summed E-state index contributed by atoms with van der Waals surface area (Å²) in [5, 5.41) is 2.72. The van der Waals surface area contributed by atoms with Crippen molar-refractivity contribution >= 4 is 17.5 Å². The molecule has 0 spiro atoms. The van der Waals surface area contributed by atoms with E-state index in [0.717, 1.165) is 5.75 Å². The summed E-state index contributed by atoms with van der Waals surface area (Å²) in [5.74, 6) is 0.935. The van der Waals surface area contributed by atoms with Gasteiger partial charge in [-0.3, -0.25) is 9.59 Å². The molecule has 2 rings (SSSR count). The molecule has 2 amide bonds. The Morgan fingerprint density at radius 3 is 2.08 bits per heavy atom. The standard InChI is InChI=1S/C18H20N2O4/c1-20(2)18(22)13-4-6-14(7-5-13)19-17(21)12-24-16-10-8-15(23-3)9-11-16/h4-11H,12H2,1-3H3,(H,19,21). The zero-order valence-electron chi connectivity index (χ0n) is 13.9. The summed E-state index contributed by atoms with van der Waals surface area (Å²) in [6.07, 6.45) is 0. The van der Waals surface area contributed by atoms with Gasteiger partial charge >= 0.3 is 0 Å². The van der Waals surface area contributed by atoms with Gasteiger partial charge in [-0.15, -0.1) is 0 Å². The van der Waals surface area contributed by atoms with Crippen molar-refractivity contribution in [1.29, 1.82) is 0 Å². The highest BCUT2D eigenvalue weighted by Crippen LogP contribution is 2.17. The number of nitrogens with one attached hydrogen (secondary N) is 1. The number of methoxy groups -OCH3 is 1. The summed E-state index contributed by atoms with van der Waals surface area (Å²) in [5.41, 5.74) is 1.17. The van der Waals surface area contributed by atoms with Crippen molar-refractivity contribution in [3.63, 3.8) is 0 Å². The topological polar surface area (TPSA) is 67.9 Å². The molecule has 0 aromatic heterocycles. The van der Waals surface area contributed by atoms with Crippen molar-refractivity contribution in [1.82, 2.24) is 4.90 Å². The number of rotatable bonds is 6. The minimum atomic E-state index is -0.280. The van der Waals surface area contributed by atoms with Gasteiger partial charge < -0.3 is 19.7 Å². The van der Waals surface area contributed by atoms with E-state index in [1.54, 1.807) is 69.7 Å². The number of hydrogen-bond donors (Lipinski definition) is 1. The lowest BCUT2D eigenvalue weighted by Gasteiger charge is -2.11. The van der Waals surface area contributed by atoms with E-state index in [0.29, 0.717) is 17.0 Å². The number of carbonyl (C=O) groups excluding carboxylic acids is 2. The third kappa shape index (κ3) is 4.74. The van der Waals surface area contributed by atoms with Crippen molar-refractivity contribution in [3.05, 3.63) is 54.1 Å². The Bertz CT molecular complexity index is 694. The molecule has 6 nitrogen and oxygen atoms in total. The number of benzene rings is 2. The van der Waals surface area contributed by atoms with Crippen molar-refractivity contribution in [3.8, 4) is 11.5 Å². The molecule has 0 heterocycles. The fraction of sp³-hybridized carbons (Fsp3) is 0.222. The van der Waals surface area contributed by atoms with Gasteiger partial charge in [-0.25, -0.2) is 0 Å². The summed E-state index contributed by atoms with van der Waals surface area (Å²) in [6.45, 7) is -0.106. The maximum Gasteiger partial charge on any atom is 0.262 e. The quantitative estimate of drug-likeness (QED) is 0.884. The van der Waals surface area contributed by atoms with Crippen molar-refractivity contribution < 1.29 is 19.1 Å². The molecule has 0 fully saturated rings. The molecule has 6 heteroatoms. The van der Waals surface area contributed by atoms with Gasteiger partial charge in [0.1, 0.15) is 11.5 Å². The SMILES string of the molecule is COc1ccc(OCC(=O)Nc2ccc(C(=O)N(C)C)cc2)cc1. The summed E-state index contributed by atoms with van der Waals surface area (Å²) >= 11 is 0. The predicted octanol–water partition coefficient (Wildman–Crippen LogP) is 2.41. The van der Waals surface area contributed by atoms with Gasteiger partial charge in [0.15, 0.2) is 6.61 Å². The number of ether oxygens (including phenoxy) is 2. The van der Waals surface area contributed by atoms with Gasteiger partial charge in [-0.05, 0) is 48.5 Å². The van der Waals surface area contributed by atoms with Crippen molar-refractivity contribution in [2.24, 2.45) is 0 Å². The minimum absolute atomic E-state index is 0.0873. The van der Waals surface area contributed by atoms with E-state index in [4.69, 9.17) is 9.47 Å². The average Bonchev–Trinajstić information content (AvgIpc) is 2.60. The molecule has 1 N–H and O–H groups in total. The molecular formula is C18H20N2O4. The van der Waals surface area contributed by atoms with E-state index in [1.165, 1.54) is 4.90 Å². The van der Waals surface area contributed by atoms with Crippen LogP contribution in [0, 0.1) is 0 Å². The highest BCUT2D eigenvalue weighted by atomic mass is 16.5. The second-order valence-corrected chi connectivity index (χ2v) is 5.29. The molecule has 2 aromatic rings. The van der Waals surface area contributed by atoms with Crippen LogP contribution in [0.2, 0.25) is 0 Å². The molecule has 0 aliphatic rings. The van der Waals surface area contributed by atoms with Crippen LogP contribution in [-0.4, -0.2) is 44.5 Å². The van der Waals surface area contributed by atoms with Gasteiger partial charge in [0.2, 0.25) is 0 Å². The number of anilines is 1. The second kappa shape index (κ2) is 8.01. The Labute approximate surface area is 141 Å². The molecule has 2 aromatic carbocycles. The predicted molar refractivity (Wildman–Crippen MR) is 91.6 cm³/mol. The van der Waals surface area contributed by atoms with Gasteiger partial charge in [-0.1, -0.05) is 0 Å². The highest BCUT2D eigenvalue weighted by Gasteiger charge is 2.08. The van der Waals surface area contributed by atoms with Crippen LogP contribution in [-0.2, 0) is 4.79 Å². The van der Waals surface area contributed by atoms with Crippen LogP contribution >= 0.6 is 0 Å². The fourth-order valence-corrected chi connectivity index (χ4v) is 1.97. The molecule has 0 radical (unpaired) electrons. The summed E-state index contributed by atoms with van der Waals surface area (Å²) in [4.78, 5) is 25.2. The monoisotopic (exact) mass is 328 g/mol. The average molecular weight is 328 g/mol. The van der Waals surface area contributed by atoms with Crippen LogP contribution in [0.4, 0.5) is 5.69 Å². The maximum atomic E-state index is 11.9. The Balaban J connectivity index is 1.86. The zero-order valence-corrected chi connectivity index (χ0v) is 13.9. The highest BCUT2D eigenvalue weighted by molar-refractivity contribution is 5.95. The number of nitrogens with zero attached hydrogens (tertiary/aromatic N) is 1. The Morgan fingerprint density at radius 2 is 1.54 bits per heavy atom. The minimum Gasteiger partial charge on any atom is -0.497 e. The van der Waals surface area contributed by atoms with E-state index in [2.05, 4.69) is 5.32 Å². The summed E-state index contributed by atoms with van der Waals surface area (Å²) in [6, 6.07) is 13.7. The molecule has 126 valence electrons. The number of hydrogen-bond acceptors (Lipinski definition) is 4. The van der Waals surface area contributed by atoms with Crippen LogP contribution < -0.4 is 14.8 Å². The number of amides is 2. The maximum absolute atomic E-state index is 11.9. The first-order valence-corrected chi connectivity index (χ1v) is 7.38. The lowest BCUT2D eigenvalue weighted by Crippen LogP contribution is -2.22. The smallest absolute Gasteiger partial charge is 0.262 e. The first-order chi connectivity index (χ1) is 11.5. The Morgan fingerprint density at radius 1 is 0.958 bits per heavy atom. The lowest BCUT2D eigenvalue weighted by atomic mass is 10.2. The summed E-state index contributed by atoms with van der Waals surface area (Å²) < 4.78 is 10.5. The third-order valence-electron chi connectivity index (χ3n) is 3.25. The van der Waals surface area contributed by atoms with Crippen LogP contribution in [0.5, 0.6) is 11.5 Å². The molecule has 0 saturated heterocycles. The molecule has 0 aliphatic heterocycles. The Kier molecular flexibility index (Phi) is 5.78.